The van der Waals surface area contributed by atoms with Crippen molar-refractivity contribution in [1.82, 2.24) is 10.2 Å². The van der Waals surface area contributed by atoms with Crippen molar-refractivity contribution >= 4 is 11.9 Å². The highest BCUT2D eigenvalue weighted by Crippen LogP contribution is 2.42. The monoisotopic (exact) mass is 321 g/mol. The topological polar surface area (TPSA) is 53.9 Å². The molecule has 2 heterocycles. The largest absolute Gasteiger partial charge is 0.453 e. The quantitative estimate of drug-likeness (QED) is 0.803. The number of carbonyl (C=O) groups is 1. The Balaban J connectivity index is 2.42. The molecule has 0 aromatic rings. The van der Waals surface area contributed by atoms with Crippen LogP contribution in [-0.2, 0) is 4.74 Å². The molecule has 2 aliphatic rings. The predicted molar refractivity (Wildman–Crippen MR) is 93.5 cm³/mol. The molecule has 0 saturated carbocycles. The number of nitrogens with zero attached hydrogens (tertiary/aromatic N) is 2. The third-order valence-electron chi connectivity index (χ3n) is 4.46. The van der Waals surface area contributed by atoms with Crippen molar-refractivity contribution in [3.63, 3.8) is 0 Å². The lowest BCUT2D eigenvalue weighted by atomic mass is 9.79. The molecule has 2 atom stereocenters. The van der Waals surface area contributed by atoms with Crippen molar-refractivity contribution in [3.05, 3.63) is 11.3 Å². The Kier molecular flexibility index (Phi) is 4.53. The average Bonchev–Trinajstić information content (AvgIpc) is 2.77. The number of methoxy groups -OCH3 is 1. The molecule has 5 heteroatoms. The molecule has 1 saturated heterocycles. The molecule has 1 amide bonds. The maximum Gasteiger partial charge on any atom is 0.407 e. The molecule has 0 radical (unpaired) electrons. The van der Waals surface area contributed by atoms with Gasteiger partial charge in [0.15, 0.2) is 0 Å². The molecule has 1 fully saturated rings. The Labute approximate surface area is 140 Å². The average molecular weight is 321 g/mol. The van der Waals surface area contributed by atoms with E-state index in [-0.39, 0.29) is 29.0 Å². The summed E-state index contributed by atoms with van der Waals surface area (Å²) < 4.78 is 4.76. The molecule has 0 aromatic heterocycles. The van der Waals surface area contributed by atoms with Crippen molar-refractivity contribution in [1.29, 1.82) is 0 Å². The number of alkyl carbamates (subject to hydrolysis) is 1. The van der Waals surface area contributed by atoms with E-state index in [4.69, 9.17) is 9.73 Å². The van der Waals surface area contributed by atoms with Crippen molar-refractivity contribution < 1.29 is 9.53 Å². The van der Waals surface area contributed by atoms with Crippen molar-refractivity contribution in [2.24, 2.45) is 15.8 Å². The number of hydrogen-bond acceptors (Lipinski definition) is 4. The van der Waals surface area contributed by atoms with E-state index in [0.717, 1.165) is 18.8 Å². The molecule has 130 valence electrons. The summed E-state index contributed by atoms with van der Waals surface area (Å²) in [6.45, 7) is 16.2. The fourth-order valence-corrected chi connectivity index (χ4v) is 3.75. The maximum absolute atomic E-state index is 11.6. The molecule has 23 heavy (non-hydrogen) atoms. The lowest BCUT2D eigenvalue weighted by molar-refractivity contribution is 0.167. The second kappa shape index (κ2) is 5.84. The van der Waals surface area contributed by atoms with Crippen LogP contribution in [0.15, 0.2) is 16.3 Å². The number of rotatable bonds is 1. The third-order valence-corrected chi connectivity index (χ3v) is 4.46. The van der Waals surface area contributed by atoms with E-state index in [0.29, 0.717) is 0 Å². The van der Waals surface area contributed by atoms with Gasteiger partial charge in [0, 0.05) is 24.1 Å². The van der Waals surface area contributed by atoms with Crippen molar-refractivity contribution in [3.8, 4) is 0 Å². The number of ether oxygens (including phenoxy) is 1. The van der Waals surface area contributed by atoms with Crippen LogP contribution >= 0.6 is 0 Å². The number of amides is 1. The second-order valence-electron chi connectivity index (χ2n) is 8.64. The highest BCUT2D eigenvalue weighted by molar-refractivity contribution is 5.90. The van der Waals surface area contributed by atoms with Crippen LogP contribution in [0.5, 0.6) is 0 Å². The van der Waals surface area contributed by atoms with Crippen LogP contribution in [0.25, 0.3) is 0 Å². The zero-order chi connectivity index (χ0) is 17.6. The van der Waals surface area contributed by atoms with Gasteiger partial charge in [0.05, 0.1) is 19.2 Å². The summed E-state index contributed by atoms with van der Waals surface area (Å²) in [6, 6.07) is 0.236. The Morgan fingerprint density at radius 1 is 1.22 bits per heavy atom. The zero-order valence-corrected chi connectivity index (χ0v) is 15.8. The minimum atomic E-state index is -0.366. The molecule has 0 unspecified atom stereocenters. The van der Waals surface area contributed by atoms with Gasteiger partial charge in [-0.2, -0.15) is 0 Å². The molecule has 0 spiro atoms. The smallest absolute Gasteiger partial charge is 0.407 e. The first-order valence-corrected chi connectivity index (χ1v) is 8.39. The Hall–Kier alpha value is -1.52. The van der Waals surface area contributed by atoms with Gasteiger partial charge in [0.1, 0.15) is 5.84 Å². The number of carbonyl (C=O) groups excluding carboxylic acids is 1. The summed E-state index contributed by atoms with van der Waals surface area (Å²) >= 11 is 0. The van der Waals surface area contributed by atoms with E-state index in [9.17, 15) is 4.79 Å². The molecule has 5 nitrogen and oxygen atoms in total. The van der Waals surface area contributed by atoms with E-state index in [1.807, 2.05) is 0 Å². The lowest BCUT2D eigenvalue weighted by Crippen LogP contribution is -2.45. The molecule has 0 bridgehead atoms. The number of amidine groups is 1. The molecule has 2 rings (SSSR count). The molecule has 0 aliphatic carbocycles. The van der Waals surface area contributed by atoms with Crippen LogP contribution in [0.4, 0.5) is 4.79 Å². The SMILES string of the molecule is COC(=O)N[C@@H]1CC2=C(C(C)(C)C)[C@H](C)N=C(C(C)(C)C)N2C1. The first-order chi connectivity index (χ1) is 10.4. The molecule has 2 aliphatic heterocycles. The standard InChI is InChI=1S/C18H31N3O2/c1-11-14(17(2,3)4)13-9-12(20-16(22)23-8)10-21(13)15(19-11)18(5,6)7/h11-12H,9-10H2,1-8H3,(H,20,22)/t11-,12+/m0/s1. The first-order valence-electron chi connectivity index (χ1n) is 8.39. The van der Waals surface area contributed by atoms with Gasteiger partial charge >= 0.3 is 6.09 Å². The van der Waals surface area contributed by atoms with E-state index in [1.165, 1.54) is 18.4 Å². The van der Waals surface area contributed by atoms with Gasteiger partial charge in [-0.1, -0.05) is 41.5 Å². The number of hydrogen-bond donors (Lipinski definition) is 1. The van der Waals surface area contributed by atoms with Gasteiger partial charge in [-0.15, -0.1) is 0 Å². The van der Waals surface area contributed by atoms with Gasteiger partial charge in [-0.05, 0) is 17.9 Å². The normalized spacial score (nSPS) is 25.2. The van der Waals surface area contributed by atoms with E-state index < -0.39 is 0 Å². The van der Waals surface area contributed by atoms with Crippen LogP contribution in [0.3, 0.4) is 0 Å². The van der Waals surface area contributed by atoms with Crippen LogP contribution < -0.4 is 5.32 Å². The summed E-state index contributed by atoms with van der Waals surface area (Å²) in [6.07, 6.45) is 0.469. The van der Waals surface area contributed by atoms with Crippen LogP contribution in [0.2, 0.25) is 0 Å². The Morgan fingerprint density at radius 3 is 2.30 bits per heavy atom. The second-order valence-corrected chi connectivity index (χ2v) is 8.64. The van der Waals surface area contributed by atoms with Gasteiger partial charge < -0.3 is 15.0 Å². The van der Waals surface area contributed by atoms with Crippen LogP contribution in [-0.4, -0.2) is 42.6 Å². The van der Waals surface area contributed by atoms with E-state index in [1.54, 1.807) is 0 Å². The van der Waals surface area contributed by atoms with Gasteiger partial charge in [-0.25, -0.2) is 4.79 Å². The molecule has 1 N–H and O–H groups in total. The van der Waals surface area contributed by atoms with E-state index >= 15 is 0 Å². The Bertz CT molecular complexity index is 550. The zero-order valence-electron chi connectivity index (χ0n) is 15.8. The number of aliphatic imine (C=N–C) groups is 1. The Morgan fingerprint density at radius 2 is 1.83 bits per heavy atom. The fraction of sp³-hybridized carbons (Fsp3) is 0.778. The van der Waals surface area contributed by atoms with Gasteiger partial charge in [0.2, 0.25) is 0 Å². The molecular formula is C18H31N3O2. The maximum atomic E-state index is 11.6. The summed E-state index contributed by atoms with van der Waals surface area (Å²) in [5.41, 5.74) is 2.73. The summed E-state index contributed by atoms with van der Waals surface area (Å²) in [5, 5.41) is 2.95. The summed E-state index contributed by atoms with van der Waals surface area (Å²) in [4.78, 5) is 18.9. The van der Waals surface area contributed by atoms with Crippen molar-refractivity contribution in [2.45, 2.75) is 67.0 Å². The molecule has 0 aromatic carbocycles. The minimum Gasteiger partial charge on any atom is -0.453 e. The summed E-state index contributed by atoms with van der Waals surface area (Å²) in [7, 11) is 1.40. The number of fused-ring (bicyclic) bond motifs is 1. The van der Waals surface area contributed by atoms with Crippen molar-refractivity contribution in [2.75, 3.05) is 13.7 Å². The van der Waals surface area contributed by atoms with Crippen LogP contribution in [0, 0.1) is 10.8 Å². The lowest BCUT2D eigenvalue weighted by Gasteiger charge is -2.41. The van der Waals surface area contributed by atoms with Gasteiger partial charge in [-0.3, -0.25) is 4.99 Å². The fourth-order valence-electron chi connectivity index (χ4n) is 3.75. The third kappa shape index (κ3) is 3.54. The minimum absolute atomic E-state index is 0.0247. The summed E-state index contributed by atoms with van der Waals surface area (Å²) in [5.74, 6) is 1.11. The number of nitrogens with one attached hydrogen (secondary N) is 1. The van der Waals surface area contributed by atoms with Gasteiger partial charge in [0.25, 0.3) is 0 Å². The molecular weight excluding hydrogens is 290 g/mol. The predicted octanol–water partition coefficient (Wildman–Crippen LogP) is 3.56. The van der Waals surface area contributed by atoms with Crippen LogP contribution in [0.1, 0.15) is 54.9 Å². The highest BCUT2D eigenvalue weighted by Gasteiger charge is 2.42. The highest BCUT2D eigenvalue weighted by atomic mass is 16.5. The van der Waals surface area contributed by atoms with E-state index in [2.05, 4.69) is 58.7 Å². The first kappa shape index (κ1) is 17.8.